The normalized spacial score (nSPS) is 11.2. The summed E-state index contributed by atoms with van der Waals surface area (Å²) in [5.74, 6) is -0.315. The van der Waals surface area contributed by atoms with Gasteiger partial charge >= 0.3 is 6.18 Å². The van der Waals surface area contributed by atoms with E-state index in [1.54, 1.807) is 18.2 Å². The smallest absolute Gasteiger partial charge is 0.385 e. The molecule has 0 radical (unpaired) electrons. The first-order valence-electron chi connectivity index (χ1n) is 6.92. The summed E-state index contributed by atoms with van der Waals surface area (Å²) >= 11 is 11.9. The predicted molar refractivity (Wildman–Crippen MR) is 89.6 cm³/mol. The van der Waals surface area contributed by atoms with Crippen molar-refractivity contribution < 1.29 is 18.0 Å². The Morgan fingerprint density at radius 2 is 1.58 bits per heavy atom. The van der Waals surface area contributed by atoms with Crippen molar-refractivity contribution >= 4 is 40.5 Å². The van der Waals surface area contributed by atoms with E-state index in [0.717, 1.165) is 12.1 Å². The second-order valence-corrected chi connectivity index (χ2v) is 5.71. The van der Waals surface area contributed by atoms with Crippen LogP contribution in [0.15, 0.2) is 42.5 Å². The summed E-state index contributed by atoms with van der Waals surface area (Å²) in [7, 11) is 0. The summed E-state index contributed by atoms with van der Waals surface area (Å²) in [4.78, 5) is 11.9. The zero-order chi connectivity index (χ0) is 17.7. The van der Waals surface area contributed by atoms with Gasteiger partial charge in [-0.3, -0.25) is 4.79 Å². The quantitative estimate of drug-likeness (QED) is 0.727. The highest BCUT2D eigenvalue weighted by atomic mass is 35.5. The molecule has 3 nitrogen and oxygen atoms in total. The molecule has 0 atom stereocenters. The summed E-state index contributed by atoms with van der Waals surface area (Å²) < 4.78 is 37.4. The minimum atomic E-state index is -4.37. The molecule has 2 rings (SSSR count). The Morgan fingerprint density at radius 3 is 2.12 bits per heavy atom. The summed E-state index contributed by atoms with van der Waals surface area (Å²) in [5, 5.41) is 6.13. The van der Waals surface area contributed by atoms with E-state index in [0.29, 0.717) is 21.4 Å². The van der Waals surface area contributed by atoms with Gasteiger partial charge in [0.15, 0.2) is 0 Å². The van der Waals surface area contributed by atoms with Gasteiger partial charge in [-0.15, -0.1) is 0 Å². The number of hydrogen-bond acceptors (Lipinski definition) is 2. The van der Waals surface area contributed by atoms with Crippen LogP contribution in [0.3, 0.4) is 0 Å². The average molecular weight is 377 g/mol. The van der Waals surface area contributed by atoms with Gasteiger partial charge in [-0.25, -0.2) is 0 Å². The largest absolute Gasteiger partial charge is 0.416 e. The molecule has 128 valence electrons. The highest BCUT2D eigenvalue weighted by molar-refractivity contribution is 6.39. The molecule has 2 N–H and O–H groups in total. The Labute approximate surface area is 146 Å². The number of carbonyl (C=O) groups excluding carboxylic acids is 1. The van der Waals surface area contributed by atoms with E-state index in [9.17, 15) is 18.0 Å². The Hall–Kier alpha value is -1.92. The molecule has 1 amide bonds. The zero-order valence-electron chi connectivity index (χ0n) is 12.3. The van der Waals surface area contributed by atoms with Crippen LogP contribution < -0.4 is 10.6 Å². The minimum absolute atomic E-state index is 0.0998. The van der Waals surface area contributed by atoms with Crippen LogP contribution in [0, 0.1) is 0 Å². The molecule has 0 spiro atoms. The van der Waals surface area contributed by atoms with Gasteiger partial charge in [0.25, 0.3) is 0 Å². The van der Waals surface area contributed by atoms with Crippen molar-refractivity contribution in [2.75, 3.05) is 17.2 Å². The molecule has 0 bridgehead atoms. The Bertz CT molecular complexity index is 698. The topological polar surface area (TPSA) is 41.1 Å². The number of rotatable bonds is 5. The van der Waals surface area contributed by atoms with Crippen molar-refractivity contribution in [2.24, 2.45) is 0 Å². The van der Waals surface area contributed by atoms with Crippen molar-refractivity contribution in [1.82, 2.24) is 0 Å². The van der Waals surface area contributed by atoms with Crippen molar-refractivity contribution in [3.8, 4) is 0 Å². The number of carbonyl (C=O) groups is 1. The number of anilines is 2. The fraction of sp³-hybridized carbons (Fsp3) is 0.188. The maximum Gasteiger partial charge on any atom is 0.416 e. The lowest BCUT2D eigenvalue weighted by Gasteiger charge is -2.11. The van der Waals surface area contributed by atoms with Crippen molar-refractivity contribution in [1.29, 1.82) is 0 Å². The van der Waals surface area contributed by atoms with E-state index in [-0.39, 0.29) is 18.9 Å². The number of alkyl halides is 3. The third-order valence-corrected chi connectivity index (χ3v) is 3.75. The number of para-hydroxylation sites is 1. The molecule has 8 heteroatoms. The molecule has 0 aliphatic heterocycles. The molecule has 0 saturated carbocycles. The second kappa shape index (κ2) is 7.77. The second-order valence-electron chi connectivity index (χ2n) is 4.90. The summed E-state index contributed by atoms with van der Waals surface area (Å²) in [6.07, 6.45) is -4.27. The monoisotopic (exact) mass is 376 g/mol. The lowest BCUT2D eigenvalue weighted by molar-refractivity contribution is -0.137. The van der Waals surface area contributed by atoms with Gasteiger partial charge in [0.2, 0.25) is 5.91 Å². The van der Waals surface area contributed by atoms with E-state index < -0.39 is 11.7 Å². The van der Waals surface area contributed by atoms with Crippen molar-refractivity contribution in [2.45, 2.75) is 12.6 Å². The lowest BCUT2D eigenvalue weighted by Crippen LogP contribution is -2.16. The Morgan fingerprint density at radius 1 is 1.00 bits per heavy atom. The molecule has 0 aromatic heterocycles. The third kappa shape index (κ3) is 5.04. The highest BCUT2D eigenvalue weighted by Gasteiger charge is 2.29. The van der Waals surface area contributed by atoms with Crippen LogP contribution in [0.5, 0.6) is 0 Å². The van der Waals surface area contributed by atoms with Gasteiger partial charge in [0.05, 0.1) is 21.3 Å². The number of amides is 1. The maximum absolute atomic E-state index is 12.5. The predicted octanol–water partition coefficient (Wildman–Crippen LogP) is 5.45. The summed E-state index contributed by atoms with van der Waals surface area (Å²) in [6, 6.07) is 9.44. The molecule has 0 fully saturated rings. The van der Waals surface area contributed by atoms with Crippen molar-refractivity contribution in [3.63, 3.8) is 0 Å². The lowest BCUT2D eigenvalue weighted by atomic mass is 10.2. The summed E-state index contributed by atoms with van der Waals surface area (Å²) in [6.45, 7) is 0.249. The first-order chi connectivity index (χ1) is 11.3. The number of halogens is 5. The Balaban J connectivity index is 1.85. The molecule has 0 aliphatic carbocycles. The molecular weight excluding hydrogens is 364 g/mol. The molecule has 2 aromatic rings. The number of hydrogen-bond donors (Lipinski definition) is 2. The number of benzene rings is 2. The first-order valence-corrected chi connectivity index (χ1v) is 7.68. The molecule has 0 heterocycles. The van der Waals surface area contributed by atoms with E-state index in [1.807, 2.05) is 0 Å². The zero-order valence-corrected chi connectivity index (χ0v) is 13.8. The molecular formula is C16H13Cl2F3N2O. The van der Waals surface area contributed by atoms with Crippen LogP contribution in [-0.2, 0) is 11.0 Å². The molecule has 0 aliphatic rings. The van der Waals surface area contributed by atoms with Crippen LogP contribution >= 0.6 is 23.2 Å². The maximum atomic E-state index is 12.5. The van der Waals surface area contributed by atoms with E-state index >= 15 is 0 Å². The fourth-order valence-electron chi connectivity index (χ4n) is 1.92. The van der Waals surface area contributed by atoms with Crippen LogP contribution in [0.1, 0.15) is 12.0 Å². The minimum Gasteiger partial charge on any atom is -0.385 e. The number of nitrogens with one attached hydrogen (secondary N) is 2. The van der Waals surface area contributed by atoms with Gasteiger partial charge < -0.3 is 10.6 Å². The first kappa shape index (κ1) is 18.4. The fourth-order valence-corrected chi connectivity index (χ4v) is 2.41. The van der Waals surface area contributed by atoms with Crippen LogP contribution in [0.25, 0.3) is 0 Å². The van der Waals surface area contributed by atoms with Gasteiger partial charge in [-0.2, -0.15) is 13.2 Å². The summed E-state index contributed by atoms with van der Waals surface area (Å²) in [5.41, 5.74) is 0.103. The molecule has 0 saturated heterocycles. The van der Waals surface area contributed by atoms with Crippen LogP contribution in [0.4, 0.5) is 24.5 Å². The van der Waals surface area contributed by atoms with Gasteiger partial charge in [0, 0.05) is 18.7 Å². The standard InChI is InChI=1S/C16H13Cl2F3N2O/c17-12-2-1-3-13(18)15(12)23-14(24)8-9-22-11-6-4-10(5-7-11)16(19,20)21/h1-7,22H,8-9H2,(H,23,24). The average Bonchev–Trinajstić information content (AvgIpc) is 2.51. The van der Waals surface area contributed by atoms with Gasteiger partial charge in [0.1, 0.15) is 0 Å². The van der Waals surface area contributed by atoms with Crippen LogP contribution in [-0.4, -0.2) is 12.5 Å². The Kier molecular flexibility index (Phi) is 5.96. The van der Waals surface area contributed by atoms with Crippen LogP contribution in [0.2, 0.25) is 10.0 Å². The van der Waals surface area contributed by atoms with Gasteiger partial charge in [-0.1, -0.05) is 29.3 Å². The van der Waals surface area contributed by atoms with Gasteiger partial charge in [-0.05, 0) is 36.4 Å². The van der Waals surface area contributed by atoms with E-state index in [4.69, 9.17) is 23.2 Å². The molecule has 24 heavy (non-hydrogen) atoms. The van der Waals surface area contributed by atoms with Crippen molar-refractivity contribution in [3.05, 3.63) is 58.1 Å². The van der Waals surface area contributed by atoms with E-state index in [1.165, 1.54) is 12.1 Å². The molecule has 0 unspecified atom stereocenters. The van der Waals surface area contributed by atoms with E-state index in [2.05, 4.69) is 10.6 Å². The SMILES string of the molecule is O=C(CCNc1ccc(C(F)(F)F)cc1)Nc1c(Cl)cccc1Cl. The highest BCUT2D eigenvalue weighted by Crippen LogP contribution is 2.30. The molecule has 2 aromatic carbocycles. The third-order valence-electron chi connectivity index (χ3n) is 3.12.